The molecule has 7 heteroatoms. The maximum Gasteiger partial charge on any atom is 0.420 e. The van der Waals surface area contributed by atoms with E-state index in [-0.39, 0.29) is 18.7 Å². The number of aryl methyl sites for hydroxylation is 2. The second-order valence-corrected chi connectivity index (χ2v) is 4.70. The maximum atomic E-state index is 12.8. The highest BCUT2D eigenvalue weighted by Gasteiger charge is 2.53. The van der Waals surface area contributed by atoms with Crippen LogP contribution in [0.1, 0.15) is 36.7 Å². The average molecular weight is 273 g/mol. The Morgan fingerprint density at radius 2 is 1.74 bits per heavy atom. The predicted octanol–water partition coefficient (Wildman–Crippen LogP) is 2.35. The molecule has 0 spiro atoms. The fourth-order valence-corrected chi connectivity index (χ4v) is 2.14. The molecule has 0 saturated heterocycles. The summed E-state index contributed by atoms with van der Waals surface area (Å²) in [6, 6.07) is 0. The monoisotopic (exact) mass is 273 g/mol. The lowest BCUT2D eigenvalue weighted by Gasteiger charge is -2.31. The maximum absolute atomic E-state index is 12.8. The Labute approximate surface area is 108 Å². The van der Waals surface area contributed by atoms with E-state index in [4.69, 9.17) is 0 Å². The number of rotatable bonds is 1. The van der Waals surface area contributed by atoms with Gasteiger partial charge in [-0.25, -0.2) is 15.0 Å². The van der Waals surface area contributed by atoms with Crippen molar-refractivity contribution in [1.82, 2.24) is 15.0 Å². The molecule has 1 aromatic heterocycles. The molecule has 0 radical (unpaired) electrons. The van der Waals surface area contributed by atoms with Crippen molar-refractivity contribution in [3.8, 4) is 0 Å². The van der Waals surface area contributed by atoms with E-state index in [1.165, 1.54) is 0 Å². The molecule has 1 aliphatic carbocycles. The molecule has 1 aliphatic rings. The van der Waals surface area contributed by atoms with E-state index in [1.807, 2.05) is 0 Å². The zero-order valence-corrected chi connectivity index (χ0v) is 10.6. The molecule has 0 bridgehead atoms. The van der Waals surface area contributed by atoms with Crippen LogP contribution in [0.2, 0.25) is 0 Å². The minimum atomic E-state index is -4.68. The lowest BCUT2D eigenvalue weighted by molar-refractivity contribution is -0.242. The van der Waals surface area contributed by atoms with Gasteiger partial charge in [0, 0.05) is 0 Å². The molecule has 1 N–H and O–H groups in total. The summed E-state index contributed by atoms with van der Waals surface area (Å²) >= 11 is 0. The van der Waals surface area contributed by atoms with Crippen molar-refractivity contribution in [2.45, 2.75) is 44.9 Å². The fourth-order valence-electron chi connectivity index (χ4n) is 2.14. The van der Waals surface area contributed by atoms with Crippen molar-refractivity contribution in [2.75, 3.05) is 0 Å². The second kappa shape index (κ2) is 4.56. The highest BCUT2D eigenvalue weighted by Crippen LogP contribution is 2.41. The molecular weight excluding hydrogens is 259 g/mol. The van der Waals surface area contributed by atoms with Gasteiger partial charge in [-0.15, -0.1) is 0 Å². The first-order valence-corrected chi connectivity index (χ1v) is 5.92. The Balaban J connectivity index is 2.44. The summed E-state index contributed by atoms with van der Waals surface area (Å²) < 4.78 is 38.5. The standard InChI is InChI=1S/C12H14F3N3O/c1-7-16-8(2)18-10(17-7)9-4-3-5-11(19,6-9)12(13,14)15/h6,19H,3-5H2,1-2H3. The number of allylic oxidation sites excluding steroid dienone is 1. The Kier molecular flexibility index (Phi) is 3.34. The first-order valence-electron chi connectivity index (χ1n) is 5.92. The third-order valence-corrected chi connectivity index (χ3v) is 3.05. The van der Waals surface area contributed by atoms with Gasteiger partial charge in [0.15, 0.2) is 11.4 Å². The summed E-state index contributed by atoms with van der Waals surface area (Å²) in [7, 11) is 0. The summed E-state index contributed by atoms with van der Waals surface area (Å²) in [5.41, 5.74) is -2.46. The molecular formula is C12H14F3N3O. The molecule has 0 aliphatic heterocycles. The molecule has 0 saturated carbocycles. The van der Waals surface area contributed by atoms with Crippen LogP contribution in [-0.2, 0) is 0 Å². The number of nitrogens with zero attached hydrogens (tertiary/aromatic N) is 3. The molecule has 4 nitrogen and oxygen atoms in total. The minimum Gasteiger partial charge on any atom is -0.377 e. The largest absolute Gasteiger partial charge is 0.420 e. The van der Waals surface area contributed by atoms with Crippen molar-refractivity contribution in [3.63, 3.8) is 0 Å². The Morgan fingerprint density at radius 3 is 2.26 bits per heavy atom. The van der Waals surface area contributed by atoms with Gasteiger partial charge in [-0.3, -0.25) is 0 Å². The molecule has 1 unspecified atom stereocenters. The normalized spacial score (nSPS) is 24.2. The van der Waals surface area contributed by atoms with E-state index >= 15 is 0 Å². The van der Waals surface area contributed by atoms with Crippen molar-refractivity contribution in [3.05, 3.63) is 23.5 Å². The highest BCUT2D eigenvalue weighted by atomic mass is 19.4. The second-order valence-electron chi connectivity index (χ2n) is 4.70. The third kappa shape index (κ3) is 2.75. The SMILES string of the molecule is Cc1nc(C)nc(C2=CC(O)(C(F)(F)F)CCC2)n1. The molecule has 0 fully saturated rings. The number of alkyl halides is 3. The first-order chi connectivity index (χ1) is 8.71. The van der Waals surface area contributed by atoms with Crippen molar-refractivity contribution < 1.29 is 18.3 Å². The van der Waals surface area contributed by atoms with Gasteiger partial charge in [-0.2, -0.15) is 13.2 Å². The van der Waals surface area contributed by atoms with Crippen LogP contribution < -0.4 is 0 Å². The van der Waals surface area contributed by atoms with Crippen molar-refractivity contribution in [1.29, 1.82) is 0 Å². The van der Waals surface area contributed by atoms with Gasteiger partial charge in [-0.1, -0.05) is 0 Å². The van der Waals surface area contributed by atoms with Crippen LogP contribution in [0.25, 0.3) is 5.57 Å². The Hall–Kier alpha value is -1.50. The van der Waals surface area contributed by atoms with E-state index in [2.05, 4.69) is 15.0 Å². The summed E-state index contributed by atoms with van der Waals surface area (Å²) in [5.74, 6) is 1.11. The Morgan fingerprint density at radius 1 is 1.16 bits per heavy atom. The van der Waals surface area contributed by atoms with Crippen LogP contribution in [0.3, 0.4) is 0 Å². The van der Waals surface area contributed by atoms with E-state index in [0.29, 0.717) is 23.6 Å². The van der Waals surface area contributed by atoms with Gasteiger partial charge < -0.3 is 5.11 Å². The van der Waals surface area contributed by atoms with Gasteiger partial charge in [0.05, 0.1) is 0 Å². The van der Waals surface area contributed by atoms with E-state index in [9.17, 15) is 18.3 Å². The summed E-state index contributed by atoms with van der Waals surface area (Å²) in [5, 5.41) is 9.71. The molecule has 19 heavy (non-hydrogen) atoms. The first kappa shape index (κ1) is 13.9. The smallest absolute Gasteiger partial charge is 0.377 e. The molecule has 104 valence electrons. The number of hydrogen-bond donors (Lipinski definition) is 1. The van der Waals surface area contributed by atoms with Gasteiger partial charge >= 0.3 is 6.18 Å². The quantitative estimate of drug-likeness (QED) is 0.853. The molecule has 1 aromatic rings. The Bertz CT molecular complexity index is 507. The fraction of sp³-hybridized carbons (Fsp3) is 0.583. The molecule has 0 aromatic carbocycles. The highest BCUT2D eigenvalue weighted by molar-refractivity contribution is 5.62. The van der Waals surface area contributed by atoms with Crippen molar-refractivity contribution >= 4 is 5.57 Å². The molecule has 1 atom stereocenters. The zero-order chi connectivity index (χ0) is 14.3. The molecule has 1 heterocycles. The van der Waals surface area contributed by atoms with E-state index in [1.54, 1.807) is 13.8 Å². The zero-order valence-electron chi connectivity index (χ0n) is 10.6. The summed E-state index contributed by atoms with van der Waals surface area (Å²) in [6.45, 7) is 3.30. The van der Waals surface area contributed by atoms with Gasteiger partial charge in [0.2, 0.25) is 0 Å². The van der Waals surface area contributed by atoms with Crippen LogP contribution in [0.15, 0.2) is 6.08 Å². The van der Waals surface area contributed by atoms with Crippen LogP contribution in [0, 0.1) is 13.8 Å². The van der Waals surface area contributed by atoms with Gasteiger partial charge in [0.25, 0.3) is 0 Å². The van der Waals surface area contributed by atoms with Crippen LogP contribution in [0.5, 0.6) is 0 Å². The number of aliphatic hydroxyl groups is 1. The van der Waals surface area contributed by atoms with Crippen LogP contribution in [0.4, 0.5) is 13.2 Å². The summed E-state index contributed by atoms with van der Waals surface area (Å²) in [6.07, 6.45) is -3.52. The number of aromatic nitrogens is 3. The number of hydrogen-bond acceptors (Lipinski definition) is 4. The lowest BCUT2D eigenvalue weighted by atomic mass is 9.86. The summed E-state index contributed by atoms with van der Waals surface area (Å²) in [4.78, 5) is 12.1. The molecule has 2 rings (SSSR count). The average Bonchev–Trinajstić information content (AvgIpc) is 2.26. The minimum absolute atomic E-state index is 0.215. The van der Waals surface area contributed by atoms with Gasteiger partial charge in [0.1, 0.15) is 11.6 Å². The number of halogens is 3. The van der Waals surface area contributed by atoms with E-state index < -0.39 is 11.8 Å². The predicted molar refractivity (Wildman–Crippen MR) is 62.1 cm³/mol. The van der Waals surface area contributed by atoms with Crippen LogP contribution in [-0.4, -0.2) is 31.8 Å². The third-order valence-electron chi connectivity index (χ3n) is 3.05. The topological polar surface area (TPSA) is 58.9 Å². The van der Waals surface area contributed by atoms with Crippen LogP contribution >= 0.6 is 0 Å². The van der Waals surface area contributed by atoms with Gasteiger partial charge in [-0.05, 0) is 44.8 Å². The van der Waals surface area contributed by atoms with E-state index in [0.717, 1.165) is 6.08 Å². The van der Waals surface area contributed by atoms with Crippen molar-refractivity contribution in [2.24, 2.45) is 0 Å². The molecule has 0 amide bonds. The lowest BCUT2D eigenvalue weighted by Crippen LogP contribution is -2.44.